The molecule has 96 valence electrons. The molecule has 2 nitrogen and oxygen atoms in total. The van der Waals surface area contributed by atoms with Crippen molar-refractivity contribution < 1.29 is 17.6 Å². The molecular weight excluding hydrogens is 236 g/mol. The fourth-order valence-electron chi connectivity index (χ4n) is 1.25. The Hall–Kier alpha value is -1.30. The maximum atomic E-state index is 13.3. The highest BCUT2D eigenvalue weighted by atomic mass is 19.4. The van der Waals surface area contributed by atoms with Gasteiger partial charge in [-0.15, -0.1) is 0 Å². The number of anilines is 1. The number of rotatable bonds is 4. The Labute approximate surface area is 97.2 Å². The number of halogens is 4. The van der Waals surface area contributed by atoms with E-state index < -0.39 is 17.6 Å². The first-order valence-electron chi connectivity index (χ1n) is 5.06. The van der Waals surface area contributed by atoms with Gasteiger partial charge in [0.15, 0.2) is 0 Å². The Morgan fingerprint density at radius 3 is 2.35 bits per heavy atom. The fraction of sp³-hybridized carbons (Fsp3) is 0.455. The highest BCUT2D eigenvalue weighted by Gasteiger charge is 2.31. The second-order valence-electron chi connectivity index (χ2n) is 3.92. The summed E-state index contributed by atoms with van der Waals surface area (Å²) in [6, 6.07) is 2.47. The Balaban J connectivity index is 2.70. The smallest absolute Gasteiger partial charge is 0.381 e. The van der Waals surface area contributed by atoms with Gasteiger partial charge in [0.2, 0.25) is 0 Å². The van der Waals surface area contributed by atoms with E-state index in [1.807, 2.05) is 19.0 Å². The summed E-state index contributed by atoms with van der Waals surface area (Å²) in [7, 11) is 3.70. The van der Waals surface area contributed by atoms with Crippen LogP contribution in [0.4, 0.5) is 23.2 Å². The van der Waals surface area contributed by atoms with Gasteiger partial charge in [0, 0.05) is 13.1 Å². The minimum Gasteiger partial charge on any atom is -0.381 e. The molecule has 0 unspecified atom stereocenters. The molecule has 1 aromatic rings. The predicted molar refractivity (Wildman–Crippen MR) is 58.4 cm³/mol. The molecule has 0 aliphatic rings. The first-order valence-corrected chi connectivity index (χ1v) is 5.06. The Bertz CT molecular complexity index is 374. The number of nitrogens with one attached hydrogen (secondary N) is 1. The summed E-state index contributed by atoms with van der Waals surface area (Å²) in [6.07, 6.45) is -4.51. The van der Waals surface area contributed by atoms with E-state index in [1.54, 1.807) is 0 Å². The van der Waals surface area contributed by atoms with E-state index in [2.05, 4.69) is 5.32 Å². The summed E-state index contributed by atoms with van der Waals surface area (Å²) in [5, 5.41) is 2.74. The molecule has 0 fully saturated rings. The fourth-order valence-corrected chi connectivity index (χ4v) is 1.25. The lowest BCUT2D eigenvalue weighted by Crippen LogP contribution is -2.21. The molecule has 0 saturated carbocycles. The number of alkyl halides is 3. The zero-order chi connectivity index (χ0) is 13.1. The van der Waals surface area contributed by atoms with E-state index >= 15 is 0 Å². The van der Waals surface area contributed by atoms with Gasteiger partial charge in [-0.2, -0.15) is 13.2 Å². The Morgan fingerprint density at radius 1 is 1.24 bits per heavy atom. The van der Waals surface area contributed by atoms with Crippen LogP contribution in [-0.2, 0) is 6.18 Å². The quantitative estimate of drug-likeness (QED) is 0.827. The van der Waals surface area contributed by atoms with Crippen LogP contribution >= 0.6 is 0 Å². The summed E-state index contributed by atoms with van der Waals surface area (Å²) in [6.45, 7) is 1.13. The predicted octanol–water partition coefficient (Wildman–Crippen LogP) is 2.82. The van der Waals surface area contributed by atoms with E-state index in [1.165, 1.54) is 0 Å². The van der Waals surface area contributed by atoms with E-state index in [0.29, 0.717) is 19.2 Å². The molecular formula is C11H14F4N2. The number of nitrogens with zero attached hydrogens (tertiary/aromatic N) is 1. The maximum Gasteiger partial charge on any atom is 0.416 e. The van der Waals surface area contributed by atoms with Crippen LogP contribution in [-0.4, -0.2) is 32.1 Å². The van der Waals surface area contributed by atoms with Gasteiger partial charge >= 0.3 is 6.18 Å². The van der Waals surface area contributed by atoms with Crippen molar-refractivity contribution >= 4 is 5.69 Å². The third-order valence-electron chi connectivity index (χ3n) is 2.17. The molecule has 0 saturated heterocycles. The molecule has 0 bridgehead atoms. The molecule has 0 radical (unpaired) electrons. The van der Waals surface area contributed by atoms with Gasteiger partial charge in [0.1, 0.15) is 5.82 Å². The van der Waals surface area contributed by atoms with E-state index in [4.69, 9.17) is 0 Å². The van der Waals surface area contributed by atoms with Crippen LogP contribution in [0.15, 0.2) is 18.2 Å². The van der Waals surface area contributed by atoms with Crippen LogP contribution in [0.5, 0.6) is 0 Å². The van der Waals surface area contributed by atoms with Gasteiger partial charge in [-0.25, -0.2) is 4.39 Å². The monoisotopic (exact) mass is 250 g/mol. The van der Waals surface area contributed by atoms with Crippen LogP contribution in [0, 0.1) is 5.82 Å². The molecule has 0 amide bonds. The van der Waals surface area contributed by atoms with Crippen LogP contribution < -0.4 is 5.32 Å². The maximum absolute atomic E-state index is 13.3. The summed E-state index contributed by atoms with van der Waals surface area (Å²) in [5.41, 5.74) is -0.895. The first-order chi connectivity index (χ1) is 7.80. The molecule has 0 aromatic heterocycles. The van der Waals surface area contributed by atoms with Crippen LogP contribution in [0.1, 0.15) is 5.56 Å². The lowest BCUT2D eigenvalue weighted by atomic mass is 10.2. The largest absolute Gasteiger partial charge is 0.416 e. The van der Waals surface area contributed by atoms with E-state index in [-0.39, 0.29) is 5.69 Å². The molecule has 0 aliphatic carbocycles. The van der Waals surface area contributed by atoms with Crippen molar-refractivity contribution in [1.29, 1.82) is 0 Å². The van der Waals surface area contributed by atoms with Crippen LogP contribution in [0.2, 0.25) is 0 Å². The van der Waals surface area contributed by atoms with Crippen molar-refractivity contribution in [3.05, 3.63) is 29.6 Å². The van der Waals surface area contributed by atoms with Crippen molar-refractivity contribution in [2.75, 3.05) is 32.5 Å². The molecule has 0 spiro atoms. The lowest BCUT2D eigenvalue weighted by Gasteiger charge is -2.13. The average Bonchev–Trinajstić information content (AvgIpc) is 2.18. The molecule has 1 aromatic carbocycles. The highest BCUT2D eigenvalue weighted by molar-refractivity contribution is 5.46. The summed E-state index contributed by atoms with van der Waals surface area (Å²) in [5.74, 6) is -0.890. The number of likely N-dealkylation sites (N-methyl/N-ethyl adjacent to an activating group) is 1. The Kier molecular flexibility index (Phi) is 4.34. The van der Waals surface area contributed by atoms with Gasteiger partial charge in [-0.05, 0) is 32.3 Å². The van der Waals surface area contributed by atoms with Crippen molar-refractivity contribution in [3.8, 4) is 0 Å². The Morgan fingerprint density at radius 2 is 1.88 bits per heavy atom. The summed E-state index contributed by atoms with van der Waals surface area (Å²) < 4.78 is 50.1. The molecule has 0 heterocycles. The standard InChI is InChI=1S/C11H14F4N2/c1-17(2)6-5-16-10-4-3-8(7-9(10)12)11(13,14)15/h3-4,7,16H,5-6H2,1-2H3. The van der Waals surface area contributed by atoms with Gasteiger partial charge in [0.05, 0.1) is 11.3 Å². The number of hydrogen-bond acceptors (Lipinski definition) is 2. The zero-order valence-corrected chi connectivity index (χ0v) is 9.61. The normalized spacial score (nSPS) is 11.9. The van der Waals surface area contributed by atoms with Gasteiger partial charge in [-0.3, -0.25) is 0 Å². The lowest BCUT2D eigenvalue weighted by molar-refractivity contribution is -0.137. The molecule has 1 N–H and O–H groups in total. The van der Waals surface area contributed by atoms with Crippen molar-refractivity contribution in [2.24, 2.45) is 0 Å². The summed E-state index contributed by atoms with van der Waals surface area (Å²) >= 11 is 0. The zero-order valence-electron chi connectivity index (χ0n) is 9.61. The first kappa shape index (κ1) is 13.8. The average molecular weight is 250 g/mol. The summed E-state index contributed by atoms with van der Waals surface area (Å²) in [4.78, 5) is 1.88. The van der Waals surface area contributed by atoms with Gasteiger partial charge in [-0.1, -0.05) is 0 Å². The van der Waals surface area contributed by atoms with Crippen molar-refractivity contribution in [3.63, 3.8) is 0 Å². The third-order valence-corrected chi connectivity index (χ3v) is 2.17. The number of benzene rings is 1. The van der Waals surface area contributed by atoms with Crippen LogP contribution in [0.3, 0.4) is 0 Å². The molecule has 0 atom stereocenters. The third kappa shape index (κ3) is 4.22. The van der Waals surface area contributed by atoms with Crippen molar-refractivity contribution in [1.82, 2.24) is 4.90 Å². The minimum atomic E-state index is -4.51. The van der Waals surface area contributed by atoms with Crippen LogP contribution in [0.25, 0.3) is 0 Å². The molecule has 1 rings (SSSR count). The minimum absolute atomic E-state index is 0.0832. The van der Waals surface area contributed by atoms with E-state index in [0.717, 1.165) is 12.1 Å². The SMILES string of the molecule is CN(C)CCNc1ccc(C(F)(F)F)cc1F. The van der Waals surface area contributed by atoms with Gasteiger partial charge in [0.25, 0.3) is 0 Å². The van der Waals surface area contributed by atoms with Crippen molar-refractivity contribution in [2.45, 2.75) is 6.18 Å². The molecule has 0 aliphatic heterocycles. The molecule has 6 heteroatoms. The topological polar surface area (TPSA) is 15.3 Å². The molecule has 17 heavy (non-hydrogen) atoms. The highest BCUT2D eigenvalue weighted by Crippen LogP contribution is 2.31. The second kappa shape index (κ2) is 5.35. The van der Waals surface area contributed by atoms with E-state index in [9.17, 15) is 17.6 Å². The van der Waals surface area contributed by atoms with Gasteiger partial charge < -0.3 is 10.2 Å². The number of hydrogen-bond donors (Lipinski definition) is 1. The second-order valence-corrected chi connectivity index (χ2v) is 3.92.